The smallest absolute Gasteiger partial charge is 0.00919 e. The molecule has 0 N–H and O–H groups in total. The molecule has 0 spiro atoms. The monoisotopic (exact) mass is 549 g/mol. The molecule has 0 heterocycles. The summed E-state index contributed by atoms with van der Waals surface area (Å²) in [6, 6.07) is 5.06. The largest absolute Gasteiger partial charge is 0.100 e. The Bertz CT molecular complexity index is 808. The van der Waals surface area contributed by atoms with Crippen LogP contribution in [0.5, 0.6) is 0 Å². The van der Waals surface area contributed by atoms with E-state index in [-0.39, 0.29) is 0 Å². The molecule has 0 heteroatoms. The predicted octanol–water partition coefficient (Wildman–Crippen LogP) is 13.4. The molecule has 228 valence electrons. The fraction of sp³-hybridized carbons (Fsp3) is 0.700. The molecule has 0 amide bonds. The van der Waals surface area contributed by atoms with Gasteiger partial charge in [-0.1, -0.05) is 120 Å². The summed E-state index contributed by atoms with van der Waals surface area (Å²) in [6.07, 6.45) is 36.4. The van der Waals surface area contributed by atoms with Gasteiger partial charge in [-0.15, -0.1) is 13.2 Å². The van der Waals surface area contributed by atoms with Crippen molar-refractivity contribution in [2.75, 3.05) is 0 Å². The number of allylic oxidation sites excluding steroid dienone is 4. The maximum atomic E-state index is 4.08. The highest BCUT2D eigenvalue weighted by Crippen LogP contribution is 2.27. The predicted molar refractivity (Wildman–Crippen MR) is 184 cm³/mol. The van der Waals surface area contributed by atoms with E-state index in [0.717, 1.165) is 6.42 Å². The molecule has 0 saturated carbocycles. The lowest BCUT2D eigenvalue weighted by molar-refractivity contribution is 0.602. The Morgan fingerprint density at radius 1 is 0.525 bits per heavy atom. The van der Waals surface area contributed by atoms with E-state index >= 15 is 0 Å². The van der Waals surface area contributed by atoms with Crippen LogP contribution in [-0.2, 0) is 25.7 Å². The van der Waals surface area contributed by atoms with E-state index in [1.807, 2.05) is 0 Å². The lowest BCUT2D eigenvalue weighted by Crippen LogP contribution is -2.06. The van der Waals surface area contributed by atoms with Gasteiger partial charge in [0.1, 0.15) is 0 Å². The van der Waals surface area contributed by atoms with Crippen molar-refractivity contribution in [1.82, 2.24) is 0 Å². The third-order valence-electron chi connectivity index (χ3n) is 8.47. The van der Waals surface area contributed by atoms with Gasteiger partial charge in [0.25, 0.3) is 0 Å². The molecule has 1 aromatic carbocycles. The highest BCUT2D eigenvalue weighted by Gasteiger charge is 2.13. The van der Waals surface area contributed by atoms with Gasteiger partial charge in [0.2, 0.25) is 0 Å². The van der Waals surface area contributed by atoms with E-state index in [1.54, 1.807) is 22.3 Å². The number of hydrogen-bond acceptors (Lipinski definition) is 0. The van der Waals surface area contributed by atoms with Gasteiger partial charge in [-0.2, -0.15) is 0 Å². The Kier molecular flexibility index (Phi) is 22.9. The summed E-state index contributed by atoms with van der Waals surface area (Å²) in [5.74, 6) is 0. The van der Waals surface area contributed by atoms with Crippen molar-refractivity contribution in [3.05, 3.63) is 70.8 Å². The first-order valence-corrected chi connectivity index (χ1v) is 17.6. The summed E-state index contributed by atoms with van der Waals surface area (Å²) in [5.41, 5.74) is 9.41. The summed E-state index contributed by atoms with van der Waals surface area (Å²) in [4.78, 5) is 0. The van der Waals surface area contributed by atoms with E-state index in [1.165, 1.54) is 159 Å². The summed E-state index contributed by atoms with van der Waals surface area (Å²) >= 11 is 0. The Morgan fingerprint density at radius 2 is 0.975 bits per heavy atom. The van der Waals surface area contributed by atoms with Crippen molar-refractivity contribution in [3.63, 3.8) is 0 Å². The van der Waals surface area contributed by atoms with Crippen molar-refractivity contribution in [1.29, 1.82) is 0 Å². The lowest BCUT2D eigenvalue weighted by atomic mass is 9.86. The van der Waals surface area contributed by atoms with Crippen LogP contribution in [0.15, 0.2) is 48.6 Å². The summed E-state index contributed by atoms with van der Waals surface area (Å²) in [6.45, 7) is 17.1. The quantitative estimate of drug-likeness (QED) is 0.0757. The first kappa shape index (κ1) is 36.5. The van der Waals surface area contributed by atoms with E-state index in [9.17, 15) is 0 Å². The molecule has 40 heavy (non-hydrogen) atoms. The van der Waals surface area contributed by atoms with Crippen LogP contribution in [0.4, 0.5) is 0 Å². The van der Waals surface area contributed by atoms with Crippen molar-refractivity contribution < 1.29 is 0 Å². The molecule has 0 aromatic heterocycles. The minimum atomic E-state index is 1.14. The van der Waals surface area contributed by atoms with Crippen LogP contribution in [0.25, 0.3) is 0 Å². The Morgan fingerprint density at radius 3 is 1.52 bits per heavy atom. The molecule has 1 aromatic rings. The highest BCUT2D eigenvalue weighted by atomic mass is 14.2. The molecule has 0 unspecified atom stereocenters. The SMILES string of the molecule is C=C(C)CCCCCCCc1ccc(CCCCCC)c(C/C=C/CCCCC)c1CCCCCCCC(=C)C. The second kappa shape index (κ2) is 25.2. The van der Waals surface area contributed by atoms with Gasteiger partial charge >= 0.3 is 0 Å². The number of rotatable bonds is 27. The van der Waals surface area contributed by atoms with Gasteiger partial charge in [0, 0.05) is 0 Å². The van der Waals surface area contributed by atoms with E-state index in [2.05, 4.69) is 65.1 Å². The van der Waals surface area contributed by atoms with Crippen LogP contribution in [0.3, 0.4) is 0 Å². The Balaban J connectivity index is 2.94. The fourth-order valence-corrected chi connectivity index (χ4v) is 5.93. The molecule has 0 aliphatic carbocycles. The maximum Gasteiger partial charge on any atom is -0.00919 e. The van der Waals surface area contributed by atoms with E-state index < -0.39 is 0 Å². The zero-order valence-corrected chi connectivity index (χ0v) is 27.7. The van der Waals surface area contributed by atoms with Crippen LogP contribution >= 0.6 is 0 Å². The molecular weight excluding hydrogens is 480 g/mol. The molecule has 0 saturated heterocycles. The van der Waals surface area contributed by atoms with Crippen LogP contribution in [-0.4, -0.2) is 0 Å². The molecule has 0 fully saturated rings. The van der Waals surface area contributed by atoms with E-state index in [0.29, 0.717) is 0 Å². The second-order valence-corrected chi connectivity index (χ2v) is 12.8. The molecule has 0 aliphatic rings. The Hall–Kier alpha value is -1.56. The van der Waals surface area contributed by atoms with Crippen molar-refractivity contribution in [2.45, 2.75) is 182 Å². The van der Waals surface area contributed by atoms with Gasteiger partial charge in [-0.05, 0) is 120 Å². The lowest BCUT2D eigenvalue weighted by Gasteiger charge is -2.19. The van der Waals surface area contributed by atoms with Gasteiger partial charge in [0.15, 0.2) is 0 Å². The topological polar surface area (TPSA) is 0 Å². The Labute approximate surface area is 252 Å². The number of aryl methyl sites for hydroxylation is 2. The fourth-order valence-electron chi connectivity index (χ4n) is 5.93. The summed E-state index contributed by atoms with van der Waals surface area (Å²) in [7, 11) is 0. The zero-order chi connectivity index (χ0) is 29.3. The van der Waals surface area contributed by atoms with Gasteiger partial charge in [0.05, 0.1) is 0 Å². The van der Waals surface area contributed by atoms with Gasteiger partial charge in [-0.3, -0.25) is 0 Å². The minimum absolute atomic E-state index is 1.14. The second-order valence-electron chi connectivity index (χ2n) is 12.8. The average molecular weight is 549 g/mol. The first-order chi connectivity index (χ1) is 19.5. The number of hydrogen-bond donors (Lipinski definition) is 0. The normalized spacial score (nSPS) is 11.5. The average Bonchev–Trinajstić information content (AvgIpc) is 2.92. The molecule has 0 aliphatic heterocycles. The van der Waals surface area contributed by atoms with Gasteiger partial charge < -0.3 is 0 Å². The molecule has 1 rings (SSSR count). The van der Waals surface area contributed by atoms with Crippen LogP contribution < -0.4 is 0 Å². The van der Waals surface area contributed by atoms with Crippen LogP contribution in [0.2, 0.25) is 0 Å². The van der Waals surface area contributed by atoms with Crippen molar-refractivity contribution in [3.8, 4) is 0 Å². The maximum absolute atomic E-state index is 4.08. The standard InChI is InChI=1S/C40H68/c1-7-9-11-13-19-25-31-39-37(29-23-12-10-8-2)33-34-38(30-24-18-14-16-21-27-35(3)4)40(39)32-26-20-15-17-22-28-36(5)6/h19,25,33-34H,3,5,7-18,20-24,26-32H2,1-2,4,6H3/b25-19+. The van der Waals surface area contributed by atoms with Crippen LogP contribution in [0, 0.1) is 0 Å². The van der Waals surface area contributed by atoms with Gasteiger partial charge in [-0.25, -0.2) is 0 Å². The number of benzene rings is 1. The first-order valence-electron chi connectivity index (χ1n) is 17.6. The molecule has 0 atom stereocenters. The summed E-state index contributed by atoms with van der Waals surface area (Å²) in [5, 5.41) is 0. The minimum Gasteiger partial charge on any atom is -0.100 e. The molecule has 0 bridgehead atoms. The molecular formula is C40H68. The van der Waals surface area contributed by atoms with Crippen molar-refractivity contribution in [2.24, 2.45) is 0 Å². The zero-order valence-electron chi connectivity index (χ0n) is 27.7. The summed E-state index contributed by atoms with van der Waals surface area (Å²) < 4.78 is 0. The highest BCUT2D eigenvalue weighted by molar-refractivity contribution is 5.43. The third-order valence-corrected chi connectivity index (χ3v) is 8.47. The number of unbranched alkanes of at least 4 members (excludes halogenated alkanes) is 14. The van der Waals surface area contributed by atoms with Crippen molar-refractivity contribution >= 4 is 0 Å². The third kappa shape index (κ3) is 18.7. The molecule has 0 nitrogen and oxygen atoms in total. The van der Waals surface area contributed by atoms with Crippen LogP contribution in [0.1, 0.15) is 178 Å². The van der Waals surface area contributed by atoms with E-state index in [4.69, 9.17) is 0 Å². The molecule has 0 radical (unpaired) electrons.